The predicted molar refractivity (Wildman–Crippen MR) is 86.2 cm³/mol. The van der Waals surface area contributed by atoms with Crippen LogP contribution in [0.5, 0.6) is 0 Å². The van der Waals surface area contributed by atoms with Crippen molar-refractivity contribution in [3.8, 4) is 0 Å². The summed E-state index contributed by atoms with van der Waals surface area (Å²) in [6, 6.07) is 0. The van der Waals surface area contributed by atoms with E-state index in [1.807, 2.05) is 0 Å². The largest absolute Gasteiger partial charge is 0.384 e. The highest BCUT2D eigenvalue weighted by Crippen LogP contribution is 2.09. The number of hydrogen-bond donors (Lipinski definition) is 0. The summed E-state index contributed by atoms with van der Waals surface area (Å²) in [6.45, 7) is 8.71. The lowest BCUT2D eigenvalue weighted by molar-refractivity contribution is -0.132. The third-order valence-corrected chi connectivity index (χ3v) is 5.90. The van der Waals surface area contributed by atoms with Crippen LogP contribution < -0.4 is 0 Å². The van der Waals surface area contributed by atoms with Gasteiger partial charge in [0, 0.05) is 46.3 Å². The van der Waals surface area contributed by atoms with Gasteiger partial charge in [0.15, 0.2) is 0 Å². The molecule has 0 bridgehead atoms. The topological polar surface area (TPSA) is 70.2 Å². The number of piperazine rings is 1. The normalized spacial score (nSPS) is 17.2. The Morgan fingerprint density at radius 3 is 2.23 bits per heavy atom. The summed E-state index contributed by atoms with van der Waals surface area (Å²) in [5.74, 6) is 0.111. The average Bonchev–Trinajstić information content (AvgIpc) is 2.54. The Labute approximate surface area is 134 Å². The molecule has 0 N–H and O–H groups in total. The SMILES string of the molecule is CCN(CC)CCC(=O)N1CCN(S(=O)(=O)CCOC)CC1. The monoisotopic (exact) mass is 335 g/mol. The van der Waals surface area contributed by atoms with Gasteiger partial charge in [-0.15, -0.1) is 0 Å². The third-order valence-electron chi connectivity index (χ3n) is 4.07. The van der Waals surface area contributed by atoms with Crippen molar-refractivity contribution in [2.75, 3.05) is 65.3 Å². The van der Waals surface area contributed by atoms with Crippen LogP contribution in [0.1, 0.15) is 20.3 Å². The summed E-state index contributed by atoms with van der Waals surface area (Å²) in [5, 5.41) is 0. The summed E-state index contributed by atoms with van der Waals surface area (Å²) < 4.78 is 30.4. The Morgan fingerprint density at radius 2 is 1.73 bits per heavy atom. The number of carbonyl (C=O) groups is 1. The first-order valence-corrected chi connectivity index (χ1v) is 9.52. The van der Waals surface area contributed by atoms with E-state index in [2.05, 4.69) is 18.7 Å². The van der Waals surface area contributed by atoms with Gasteiger partial charge in [0.25, 0.3) is 0 Å². The second-order valence-corrected chi connectivity index (χ2v) is 7.45. The van der Waals surface area contributed by atoms with Gasteiger partial charge in [-0.25, -0.2) is 8.42 Å². The van der Waals surface area contributed by atoms with E-state index < -0.39 is 10.0 Å². The molecule has 0 aromatic rings. The van der Waals surface area contributed by atoms with Gasteiger partial charge in [0.2, 0.25) is 15.9 Å². The minimum atomic E-state index is -3.27. The zero-order valence-corrected chi connectivity index (χ0v) is 14.8. The number of ether oxygens (including phenoxy) is 1. The zero-order chi connectivity index (χ0) is 16.6. The second kappa shape index (κ2) is 9.44. The van der Waals surface area contributed by atoms with Crippen molar-refractivity contribution in [1.29, 1.82) is 0 Å². The highest BCUT2D eigenvalue weighted by molar-refractivity contribution is 7.89. The fourth-order valence-electron chi connectivity index (χ4n) is 2.49. The van der Waals surface area contributed by atoms with E-state index in [0.29, 0.717) is 32.6 Å². The molecule has 130 valence electrons. The third kappa shape index (κ3) is 5.83. The summed E-state index contributed by atoms with van der Waals surface area (Å²) in [4.78, 5) is 16.2. The van der Waals surface area contributed by atoms with E-state index in [0.717, 1.165) is 19.6 Å². The fourth-order valence-corrected chi connectivity index (χ4v) is 3.84. The second-order valence-electron chi connectivity index (χ2n) is 5.37. The molecule has 1 amide bonds. The van der Waals surface area contributed by atoms with Crippen LogP contribution in [-0.4, -0.2) is 93.7 Å². The molecule has 1 fully saturated rings. The van der Waals surface area contributed by atoms with Gasteiger partial charge in [0.1, 0.15) is 0 Å². The van der Waals surface area contributed by atoms with Gasteiger partial charge in [0.05, 0.1) is 12.4 Å². The summed E-state index contributed by atoms with van der Waals surface area (Å²) in [6.07, 6.45) is 0.498. The number of rotatable bonds is 9. The zero-order valence-electron chi connectivity index (χ0n) is 14.0. The van der Waals surface area contributed by atoms with Crippen molar-refractivity contribution >= 4 is 15.9 Å². The maximum atomic E-state index is 12.2. The molecule has 0 saturated carbocycles. The Hall–Kier alpha value is -0.700. The maximum absolute atomic E-state index is 12.2. The number of carbonyl (C=O) groups excluding carboxylic acids is 1. The molecular formula is C14H29N3O4S. The van der Waals surface area contributed by atoms with Gasteiger partial charge < -0.3 is 14.5 Å². The van der Waals surface area contributed by atoms with E-state index in [-0.39, 0.29) is 18.3 Å². The van der Waals surface area contributed by atoms with Gasteiger partial charge >= 0.3 is 0 Å². The highest BCUT2D eigenvalue weighted by atomic mass is 32.2. The lowest BCUT2D eigenvalue weighted by Gasteiger charge is -2.34. The van der Waals surface area contributed by atoms with Crippen molar-refractivity contribution in [3.63, 3.8) is 0 Å². The van der Waals surface area contributed by atoms with Gasteiger partial charge in [-0.3, -0.25) is 4.79 Å². The quantitative estimate of drug-likeness (QED) is 0.585. The van der Waals surface area contributed by atoms with Crippen LogP contribution in [0.25, 0.3) is 0 Å². The molecular weight excluding hydrogens is 306 g/mol. The number of hydrogen-bond acceptors (Lipinski definition) is 5. The molecule has 0 aromatic heterocycles. The Kier molecular flexibility index (Phi) is 8.30. The standard InChI is InChI=1S/C14H29N3O4S/c1-4-15(5-2)7-6-14(18)16-8-10-17(11-9-16)22(19,20)13-12-21-3/h4-13H2,1-3H3. The van der Waals surface area contributed by atoms with Crippen molar-refractivity contribution in [2.45, 2.75) is 20.3 Å². The first-order valence-electron chi connectivity index (χ1n) is 7.91. The lowest BCUT2D eigenvalue weighted by atomic mass is 10.3. The molecule has 0 aliphatic carbocycles. The number of amides is 1. The predicted octanol–water partition coefficient (Wildman–Crippen LogP) is -0.161. The molecule has 0 aromatic carbocycles. The smallest absolute Gasteiger partial charge is 0.223 e. The molecule has 1 heterocycles. The van der Waals surface area contributed by atoms with E-state index in [1.54, 1.807) is 4.90 Å². The highest BCUT2D eigenvalue weighted by Gasteiger charge is 2.28. The number of nitrogens with zero attached hydrogens (tertiary/aromatic N) is 3. The van der Waals surface area contributed by atoms with Crippen molar-refractivity contribution in [2.24, 2.45) is 0 Å². The molecule has 1 saturated heterocycles. The molecule has 7 nitrogen and oxygen atoms in total. The van der Waals surface area contributed by atoms with Crippen molar-refractivity contribution < 1.29 is 17.9 Å². The first-order chi connectivity index (χ1) is 10.4. The minimum absolute atomic E-state index is 0.000589. The van der Waals surface area contributed by atoms with E-state index in [4.69, 9.17) is 4.74 Å². The molecule has 0 atom stereocenters. The Balaban J connectivity index is 2.40. The fraction of sp³-hybridized carbons (Fsp3) is 0.929. The van der Waals surface area contributed by atoms with Gasteiger partial charge in [-0.05, 0) is 13.1 Å². The summed E-state index contributed by atoms with van der Waals surface area (Å²) in [7, 11) is -1.78. The molecule has 8 heteroatoms. The molecule has 0 unspecified atom stereocenters. The van der Waals surface area contributed by atoms with Crippen molar-refractivity contribution in [1.82, 2.24) is 14.1 Å². The number of methoxy groups -OCH3 is 1. The molecule has 0 radical (unpaired) electrons. The lowest BCUT2D eigenvalue weighted by Crippen LogP contribution is -2.51. The maximum Gasteiger partial charge on any atom is 0.223 e. The van der Waals surface area contributed by atoms with Gasteiger partial charge in [-0.1, -0.05) is 13.8 Å². The summed E-state index contributed by atoms with van der Waals surface area (Å²) >= 11 is 0. The molecule has 1 aliphatic heterocycles. The molecule has 1 rings (SSSR count). The molecule has 22 heavy (non-hydrogen) atoms. The molecule has 1 aliphatic rings. The summed E-state index contributed by atoms with van der Waals surface area (Å²) in [5.41, 5.74) is 0. The van der Waals surface area contributed by atoms with E-state index in [1.165, 1.54) is 11.4 Å². The molecule has 0 spiro atoms. The van der Waals surface area contributed by atoms with Crippen molar-refractivity contribution in [3.05, 3.63) is 0 Å². The van der Waals surface area contributed by atoms with Crippen LogP contribution in [0, 0.1) is 0 Å². The van der Waals surface area contributed by atoms with Gasteiger partial charge in [-0.2, -0.15) is 4.31 Å². The first kappa shape index (κ1) is 19.3. The van der Waals surface area contributed by atoms with Crippen LogP contribution in [0.4, 0.5) is 0 Å². The van der Waals surface area contributed by atoms with Crippen LogP contribution in [0.15, 0.2) is 0 Å². The van der Waals surface area contributed by atoms with Crippen LogP contribution in [0.2, 0.25) is 0 Å². The van der Waals surface area contributed by atoms with Crippen LogP contribution in [0.3, 0.4) is 0 Å². The Bertz CT molecular complexity index is 429. The number of sulfonamides is 1. The van der Waals surface area contributed by atoms with Crippen LogP contribution >= 0.6 is 0 Å². The minimum Gasteiger partial charge on any atom is -0.384 e. The Morgan fingerprint density at radius 1 is 1.14 bits per heavy atom. The average molecular weight is 335 g/mol. The van der Waals surface area contributed by atoms with Crippen LogP contribution in [-0.2, 0) is 19.6 Å². The van der Waals surface area contributed by atoms with E-state index >= 15 is 0 Å². The van der Waals surface area contributed by atoms with E-state index in [9.17, 15) is 13.2 Å².